The molecule has 3 atom stereocenters. The molecule has 1 heterocycles. The fourth-order valence-electron chi connectivity index (χ4n) is 4.51. The van der Waals surface area contributed by atoms with Crippen molar-refractivity contribution in [3.63, 3.8) is 0 Å². The van der Waals surface area contributed by atoms with Crippen LogP contribution in [0.3, 0.4) is 0 Å². The van der Waals surface area contributed by atoms with Crippen LogP contribution < -0.4 is 9.47 Å². The van der Waals surface area contributed by atoms with Gasteiger partial charge in [-0.1, -0.05) is 45.0 Å². The molecule has 1 aliphatic carbocycles. The summed E-state index contributed by atoms with van der Waals surface area (Å²) in [7, 11) is 0. The molecule has 5 nitrogen and oxygen atoms in total. The monoisotopic (exact) mass is 451 g/mol. The Balaban J connectivity index is 1.32. The molecule has 0 spiro atoms. The summed E-state index contributed by atoms with van der Waals surface area (Å²) in [5.41, 5.74) is 2.29. The molecular formula is C28H37NO4. The SMILES string of the molecule is CCOC(=O)[C@H](Cc1ccc(OCCN2CC3CC3C2)cc1)Oc1ccc(C(C)(C)C)cc1. The maximum absolute atomic E-state index is 12.6. The van der Waals surface area contributed by atoms with Crippen LogP contribution in [0.2, 0.25) is 0 Å². The second-order valence-corrected chi connectivity index (χ2v) is 10.3. The highest BCUT2D eigenvalue weighted by Crippen LogP contribution is 2.44. The number of rotatable bonds is 10. The highest BCUT2D eigenvalue weighted by atomic mass is 16.6. The molecule has 5 heteroatoms. The Morgan fingerprint density at radius 3 is 2.24 bits per heavy atom. The predicted molar refractivity (Wildman–Crippen MR) is 130 cm³/mol. The molecule has 2 unspecified atom stereocenters. The Hall–Kier alpha value is -2.53. The third kappa shape index (κ3) is 6.50. The third-order valence-corrected chi connectivity index (χ3v) is 6.62. The number of carbonyl (C=O) groups is 1. The molecule has 0 aromatic heterocycles. The van der Waals surface area contributed by atoms with Crippen molar-refractivity contribution in [2.24, 2.45) is 11.8 Å². The van der Waals surface area contributed by atoms with Crippen molar-refractivity contribution in [3.05, 3.63) is 59.7 Å². The number of likely N-dealkylation sites (tertiary alicyclic amines) is 1. The number of fused-ring (bicyclic) bond motifs is 1. The minimum atomic E-state index is -0.696. The molecule has 2 aromatic rings. The number of carbonyl (C=O) groups excluding carboxylic acids is 1. The van der Waals surface area contributed by atoms with Crippen LogP contribution in [0.25, 0.3) is 0 Å². The summed E-state index contributed by atoms with van der Waals surface area (Å²) in [6.45, 7) is 12.8. The van der Waals surface area contributed by atoms with Crippen LogP contribution in [0, 0.1) is 11.8 Å². The zero-order valence-corrected chi connectivity index (χ0v) is 20.4. The van der Waals surface area contributed by atoms with E-state index in [2.05, 4.69) is 37.8 Å². The van der Waals surface area contributed by atoms with E-state index in [1.54, 1.807) is 0 Å². The Labute approximate surface area is 198 Å². The molecule has 2 aromatic carbocycles. The minimum Gasteiger partial charge on any atom is -0.492 e. The van der Waals surface area contributed by atoms with E-state index in [1.807, 2.05) is 43.3 Å². The molecule has 178 valence electrons. The second-order valence-electron chi connectivity index (χ2n) is 10.3. The van der Waals surface area contributed by atoms with Gasteiger partial charge in [-0.2, -0.15) is 0 Å². The zero-order valence-electron chi connectivity index (χ0n) is 20.4. The first-order valence-corrected chi connectivity index (χ1v) is 12.2. The molecule has 33 heavy (non-hydrogen) atoms. The number of ether oxygens (including phenoxy) is 3. The van der Waals surface area contributed by atoms with Crippen molar-refractivity contribution in [2.75, 3.05) is 32.8 Å². The first kappa shape index (κ1) is 23.6. The van der Waals surface area contributed by atoms with Crippen LogP contribution in [-0.2, 0) is 21.4 Å². The van der Waals surface area contributed by atoms with Crippen LogP contribution in [-0.4, -0.2) is 49.8 Å². The summed E-state index contributed by atoms with van der Waals surface area (Å²) in [5.74, 6) is 3.09. The summed E-state index contributed by atoms with van der Waals surface area (Å²) in [6.07, 6.45) is 1.17. The van der Waals surface area contributed by atoms with Gasteiger partial charge >= 0.3 is 5.97 Å². The van der Waals surface area contributed by atoms with E-state index in [-0.39, 0.29) is 11.4 Å². The first-order chi connectivity index (χ1) is 15.8. The summed E-state index contributed by atoms with van der Waals surface area (Å²) in [6, 6.07) is 15.9. The van der Waals surface area contributed by atoms with Crippen molar-refractivity contribution in [3.8, 4) is 11.5 Å². The summed E-state index contributed by atoms with van der Waals surface area (Å²) < 4.78 is 17.3. The maximum atomic E-state index is 12.6. The van der Waals surface area contributed by atoms with E-state index in [1.165, 1.54) is 25.1 Å². The quantitative estimate of drug-likeness (QED) is 0.483. The third-order valence-electron chi connectivity index (χ3n) is 6.62. The smallest absolute Gasteiger partial charge is 0.347 e. The molecule has 0 N–H and O–H groups in total. The molecule has 1 aliphatic heterocycles. The van der Waals surface area contributed by atoms with Crippen LogP contribution in [0.15, 0.2) is 48.5 Å². The van der Waals surface area contributed by atoms with Crippen molar-refractivity contribution < 1.29 is 19.0 Å². The van der Waals surface area contributed by atoms with Gasteiger partial charge in [0, 0.05) is 26.1 Å². The lowest BCUT2D eigenvalue weighted by atomic mass is 9.87. The van der Waals surface area contributed by atoms with Gasteiger partial charge in [-0.3, -0.25) is 4.90 Å². The lowest BCUT2D eigenvalue weighted by Crippen LogP contribution is -2.31. The van der Waals surface area contributed by atoms with Gasteiger partial charge in [-0.15, -0.1) is 0 Å². The van der Waals surface area contributed by atoms with Crippen molar-refractivity contribution in [1.29, 1.82) is 0 Å². The molecule has 2 aliphatic rings. The standard InChI is InChI=1S/C28H37NO4/c1-5-31-27(30)26(33-25-12-8-23(9-13-25)28(2,3)4)16-20-6-10-24(11-7-20)32-15-14-29-18-21-17-22(21)19-29/h6-13,21-22,26H,5,14-19H2,1-4H3/t21?,22?,26-/m0/s1. The van der Waals surface area contributed by atoms with Crippen molar-refractivity contribution >= 4 is 5.97 Å². The van der Waals surface area contributed by atoms with Gasteiger partial charge in [-0.05, 0) is 66.0 Å². The Morgan fingerprint density at radius 2 is 1.64 bits per heavy atom. The van der Waals surface area contributed by atoms with E-state index >= 15 is 0 Å². The number of hydrogen-bond donors (Lipinski definition) is 0. The molecule has 1 saturated heterocycles. The Kier molecular flexibility index (Phi) is 7.28. The lowest BCUT2D eigenvalue weighted by molar-refractivity contribution is -0.151. The van der Waals surface area contributed by atoms with Gasteiger partial charge in [0.15, 0.2) is 6.10 Å². The van der Waals surface area contributed by atoms with Crippen LogP contribution in [0.1, 0.15) is 45.2 Å². The molecule has 2 fully saturated rings. The van der Waals surface area contributed by atoms with Crippen molar-refractivity contribution in [2.45, 2.75) is 52.1 Å². The maximum Gasteiger partial charge on any atom is 0.347 e. The van der Waals surface area contributed by atoms with Gasteiger partial charge in [0.05, 0.1) is 6.61 Å². The average Bonchev–Trinajstić information content (AvgIpc) is 3.40. The van der Waals surface area contributed by atoms with Crippen LogP contribution in [0.5, 0.6) is 11.5 Å². The highest BCUT2D eigenvalue weighted by molar-refractivity contribution is 5.75. The lowest BCUT2D eigenvalue weighted by Gasteiger charge is -2.21. The minimum absolute atomic E-state index is 0.0672. The van der Waals surface area contributed by atoms with E-state index in [4.69, 9.17) is 14.2 Å². The van der Waals surface area contributed by atoms with Gasteiger partial charge in [0.1, 0.15) is 18.1 Å². The zero-order chi connectivity index (χ0) is 23.4. The van der Waals surface area contributed by atoms with E-state index in [9.17, 15) is 4.79 Å². The number of nitrogens with zero attached hydrogens (tertiary/aromatic N) is 1. The van der Waals surface area contributed by atoms with E-state index in [0.717, 1.165) is 29.7 Å². The molecule has 0 bridgehead atoms. The van der Waals surface area contributed by atoms with Crippen LogP contribution >= 0.6 is 0 Å². The summed E-state index contributed by atoms with van der Waals surface area (Å²) in [5, 5.41) is 0. The fraction of sp³-hybridized carbons (Fsp3) is 0.536. The molecular weight excluding hydrogens is 414 g/mol. The van der Waals surface area contributed by atoms with Gasteiger partial charge < -0.3 is 14.2 Å². The largest absolute Gasteiger partial charge is 0.492 e. The normalized spacial score (nSPS) is 20.7. The van der Waals surface area contributed by atoms with E-state index < -0.39 is 6.10 Å². The molecule has 0 amide bonds. The van der Waals surface area contributed by atoms with E-state index in [0.29, 0.717) is 25.4 Å². The second kappa shape index (κ2) is 10.2. The van der Waals surface area contributed by atoms with Gasteiger partial charge in [0.2, 0.25) is 0 Å². The number of hydrogen-bond acceptors (Lipinski definition) is 5. The molecule has 0 radical (unpaired) electrons. The summed E-state index contributed by atoms with van der Waals surface area (Å²) in [4.78, 5) is 15.1. The van der Waals surface area contributed by atoms with Gasteiger partial charge in [-0.25, -0.2) is 4.79 Å². The number of esters is 1. The number of benzene rings is 2. The Morgan fingerprint density at radius 1 is 1.00 bits per heavy atom. The van der Waals surface area contributed by atoms with Crippen LogP contribution in [0.4, 0.5) is 0 Å². The molecule has 4 rings (SSSR count). The summed E-state index contributed by atoms with van der Waals surface area (Å²) >= 11 is 0. The van der Waals surface area contributed by atoms with Gasteiger partial charge in [0.25, 0.3) is 0 Å². The first-order valence-electron chi connectivity index (χ1n) is 12.2. The highest BCUT2D eigenvalue weighted by Gasteiger charge is 2.44. The molecule has 1 saturated carbocycles. The van der Waals surface area contributed by atoms with Crippen molar-refractivity contribution in [1.82, 2.24) is 4.90 Å². The average molecular weight is 452 g/mol. The Bertz CT molecular complexity index is 906. The number of piperidine rings is 1. The predicted octanol–water partition coefficient (Wildman–Crippen LogP) is 4.87. The fourth-order valence-corrected chi connectivity index (χ4v) is 4.51. The topological polar surface area (TPSA) is 48.0 Å².